The Balaban J connectivity index is 1.69. The van der Waals surface area contributed by atoms with Crippen LogP contribution in [0.5, 0.6) is 0 Å². The van der Waals surface area contributed by atoms with Crippen molar-refractivity contribution in [1.82, 2.24) is 5.43 Å². The van der Waals surface area contributed by atoms with Gasteiger partial charge in [0.2, 0.25) is 5.91 Å². The van der Waals surface area contributed by atoms with Crippen molar-refractivity contribution in [1.29, 1.82) is 0 Å². The highest BCUT2D eigenvalue weighted by Gasteiger charge is 1.99. The van der Waals surface area contributed by atoms with E-state index in [-0.39, 0.29) is 11.7 Å². The molecule has 2 aromatic rings. The Kier molecular flexibility index (Phi) is 6.32. The quantitative estimate of drug-likeness (QED) is 0.435. The largest absolute Gasteiger partial charge is 0.385 e. The van der Waals surface area contributed by atoms with E-state index in [9.17, 15) is 9.18 Å². The second kappa shape index (κ2) is 8.47. The summed E-state index contributed by atoms with van der Waals surface area (Å²) in [5.41, 5.74) is 4.13. The lowest BCUT2D eigenvalue weighted by molar-refractivity contribution is -0.120. The third kappa shape index (κ3) is 5.80. The number of hydrazone groups is 1. The Labute approximate surface area is 142 Å². The summed E-state index contributed by atoms with van der Waals surface area (Å²) in [4.78, 5) is 11.6. The van der Waals surface area contributed by atoms with Gasteiger partial charge in [0, 0.05) is 22.2 Å². The zero-order valence-electron chi connectivity index (χ0n) is 11.7. The van der Waals surface area contributed by atoms with E-state index in [0.717, 1.165) is 14.8 Å². The number of amides is 1. The molecule has 0 aliphatic heterocycles. The molecule has 0 unspecified atom stereocenters. The van der Waals surface area contributed by atoms with Gasteiger partial charge in [0.1, 0.15) is 5.82 Å². The molecule has 2 rings (SSSR count). The molecule has 0 heterocycles. The summed E-state index contributed by atoms with van der Waals surface area (Å²) in [6, 6.07) is 13.8. The van der Waals surface area contributed by atoms with E-state index in [1.165, 1.54) is 18.3 Å². The number of hydrogen-bond donors (Lipinski definition) is 2. The second-order valence-electron chi connectivity index (χ2n) is 4.53. The van der Waals surface area contributed by atoms with Gasteiger partial charge in [-0.05, 0) is 64.6 Å². The van der Waals surface area contributed by atoms with Gasteiger partial charge < -0.3 is 5.32 Å². The van der Waals surface area contributed by atoms with Crippen LogP contribution in [-0.2, 0) is 4.79 Å². The summed E-state index contributed by atoms with van der Waals surface area (Å²) < 4.78 is 13.9. The van der Waals surface area contributed by atoms with Gasteiger partial charge in [-0.15, -0.1) is 0 Å². The molecule has 22 heavy (non-hydrogen) atoms. The first-order valence-corrected chi connectivity index (χ1v) is 7.78. The average molecular weight is 411 g/mol. The minimum atomic E-state index is -0.303. The van der Waals surface area contributed by atoms with E-state index in [0.29, 0.717) is 13.0 Å². The molecule has 0 fully saturated rings. The van der Waals surface area contributed by atoms with Gasteiger partial charge >= 0.3 is 0 Å². The molecular formula is C16H15FIN3O. The number of benzene rings is 2. The van der Waals surface area contributed by atoms with Crippen molar-refractivity contribution < 1.29 is 9.18 Å². The van der Waals surface area contributed by atoms with Crippen LogP contribution in [0.4, 0.5) is 10.1 Å². The van der Waals surface area contributed by atoms with E-state index in [1.54, 1.807) is 12.1 Å². The molecule has 6 heteroatoms. The topological polar surface area (TPSA) is 53.5 Å². The van der Waals surface area contributed by atoms with Gasteiger partial charge in [0.05, 0.1) is 6.21 Å². The maximum atomic E-state index is 12.7. The highest BCUT2D eigenvalue weighted by Crippen LogP contribution is 2.10. The maximum absolute atomic E-state index is 12.7. The molecule has 0 bridgehead atoms. The van der Waals surface area contributed by atoms with Crippen LogP contribution in [0.15, 0.2) is 53.6 Å². The standard InChI is InChI=1S/C16H15FIN3O/c17-13-3-1-12(2-4-13)11-20-21-16(22)9-10-19-15-7-5-14(18)6-8-15/h1-8,11,19H,9-10H2,(H,21,22)/b20-11+. The van der Waals surface area contributed by atoms with Crippen LogP contribution in [0.25, 0.3) is 0 Å². The number of anilines is 1. The van der Waals surface area contributed by atoms with Crippen LogP contribution >= 0.6 is 22.6 Å². The molecule has 114 valence electrons. The normalized spacial score (nSPS) is 10.6. The van der Waals surface area contributed by atoms with Crippen molar-refractivity contribution in [2.45, 2.75) is 6.42 Å². The van der Waals surface area contributed by atoms with Crippen LogP contribution in [0.1, 0.15) is 12.0 Å². The van der Waals surface area contributed by atoms with Gasteiger partial charge in [-0.1, -0.05) is 12.1 Å². The molecule has 0 spiro atoms. The minimum absolute atomic E-state index is 0.184. The smallest absolute Gasteiger partial charge is 0.241 e. The zero-order valence-corrected chi connectivity index (χ0v) is 13.9. The molecule has 0 aliphatic carbocycles. The Morgan fingerprint density at radius 2 is 1.82 bits per heavy atom. The van der Waals surface area contributed by atoms with Crippen molar-refractivity contribution >= 4 is 40.4 Å². The van der Waals surface area contributed by atoms with Gasteiger partial charge in [0.25, 0.3) is 0 Å². The van der Waals surface area contributed by atoms with E-state index in [2.05, 4.69) is 38.4 Å². The van der Waals surface area contributed by atoms with Crippen molar-refractivity contribution in [3.05, 3.63) is 63.5 Å². The number of halogens is 2. The lowest BCUT2D eigenvalue weighted by Crippen LogP contribution is -2.20. The minimum Gasteiger partial charge on any atom is -0.385 e. The maximum Gasteiger partial charge on any atom is 0.241 e. The number of nitrogens with one attached hydrogen (secondary N) is 2. The van der Waals surface area contributed by atoms with Crippen molar-refractivity contribution in [3.8, 4) is 0 Å². The van der Waals surface area contributed by atoms with E-state index in [4.69, 9.17) is 0 Å². The van der Waals surface area contributed by atoms with Crippen molar-refractivity contribution in [3.63, 3.8) is 0 Å². The average Bonchev–Trinajstić information content (AvgIpc) is 2.51. The molecule has 2 N–H and O–H groups in total. The first-order chi connectivity index (χ1) is 10.6. The second-order valence-corrected chi connectivity index (χ2v) is 5.77. The number of hydrogen-bond acceptors (Lipinski definition) is 3. The summed E-state index contributed by atoms with van der Waals surface area (Å²) in [6.45, 7) is 0.526. The van der Waals surface area contributed by atoms with Crippen LogP contribution in [-0.4, -0.2) is 18.7 Å². The number of carbonyl (C=O) groups excluding carboxylic acids is 1. The molecule has 0 radical (unpaired) electrons. The van der Waals surface area contributed by atoms with Crippen molar-refractivity contribution in [2.24, 2.45) is 5.10 Å². The fourth-order valence-electron chi connectivity index (χ4n) is 1.67. The predicted molar refractivity (Wildman–Crippen MR) is 94.4 cm³/mol. The van der Waals surface area contributed by atoms with Crippen LogP contribution in [0.2, 0.25) is 0 Å². The lowest BCUT2D eigenvalue weighted by Gasteiger charge is -2.05. The Morgan fingerprint density at radius 3 is 2.50 bits per heavy atom. The highest BCUT2D eigenvalue weighted by molar-refractivity contribution is 14.1. The number of rotatable bonds is 6. The molecule has 0 atom stereocenters. The van der Waals surface area contributed by atoms with Gasteiger partial charge in [0.15, 0.2) is 0 Å². The van der Waals surface area contributed by atoms with E-state index in [1.807, 2.05) is 24.3 Å². The Bertz CT molecular complexity index is 641. The van der Waals surface area contributed by atoms with Gasteiger partial charge in [-0.25, -0.2) is 9.82 Å². The summed E-state index contributed by atoms with van der Waals surface area (Å²) in [5.74, 6) is -0.487. The van der Waals surface area contributed by atoms with Gasteiger partial charge in [-0.2, -0.15) is 5.10 Å². The van der Waals surface area contributed by atoms with Crippen LogP contribution in [0, 0.1) is 9.39 Å². The van der Waals surface area contributed by atoms with Crippen molar-refractivity contribution in [2.75, 3.05) is 11.9 Å². The highest BCUT2D eigenvalue weighted by atomic mass is 127. The zero-order chi connectivity index (χ0) is 15.8. The third-order valence-electron chi connectivity index (χ3n) is 2.80. The monoisotopic (exact) mass is 411 g/mol. The summed E-state index contributed by atoms with van der Waals surface area (Å²) >= 11 is 2.24. The summed E-state index contributed by atoms with van der Waals surface area (Å²) in [5, 5.41) is 6.99. The molecule has 4 nitrogen and oxygen atoms in total. The Morgan fingerprint density at radius 1 is 1.14 bits per heavy atom. The Hall–Kier alpha value is -1.96. The lowest BCUT2D eigenvalue weighted by atomic mass is 10.2. The predicted octanol–water partition coefficient (Wildman–Crippen LogP) is 3.38. The molecule has 0 saturated heterocycles. The van der Waals surface area contributed by atoms with Crippen LogP contribution < -0.4 is 10.7 Å². The van der Waals surface area contributed by atoms with E-state index >= 15 is 0 Å². The SMILES string of the molecule is O=C(CCNc1ccc(I)cc1)N/N=C/c1ccc(F)cc1. The first kappa shape index (κ1) is 16.4. The molecule has 0 saturated carbocycles. The van der Waals surface area contributed by atoms with E-state index < -0.39 is 0 Å². The fourth-order valence-corrected chi connectivity index (χ4v) is 2.03. The number of carbonyl (C=O) groups is 1. The molecule has 1 amide bonds. The molecule has 0 aliphatic rings. The first-order valence-electron chi connectivity index (χ1n) is 6.70. The fraction of sp³-hybridized carbons (Fsp3) is 0.125. The summed E-state index contributed by atoms with van der Waals surface area (Å²) in [7, 11) is 0. The summed E-state index contributed by atoms with van der Waals surface area (Å²) in [6.07, 6.45) is 1.79. The molecule has 0 aromatic heterocycles. The number of nitrogens with zero attached hydrogens (tertiary/aromatic N) is 1. The van der Waals surface area contributed by atoms with Gasteiger partial charge in [-0.3, -0.25) is 4.79 Å². The molecule has 2 aromatic carbocycles. The van der Waals surface area contributed by atoms with Crippen LogP contribution in [0.3, 0.4) is 0 Å². The third-order valence-corrected chi connectivity index (χ3v) is 3.52. The molecular weight excluding hydrogens is 396 g/mol.